The van der Waals surface area contributed by atoms with Crippen molar-refractivity contribution in [1.82, 2.24) is 9.80 Å². The number of esters is 2. The Morgan fingerprint density at radius 1 is 0.750 bits per heavy atom. The summed E-state index contributed by atoms with van der Waals surface area (Å²) in [6.45, 7) is 8.22. The maximum absolute atomic E-state index is 12.0. The molecule has 0 saturated carbocycles. The number of hydrogen-bond acceptors (Lipinski definition) is 8. The van der Waals surface area contributed by atoms with Crippen LogP contribution in [0.15, 0.2) is 36.4 Å². The van der Waals surface area contributed by atoms with Gasteiger partial charge in [-0.1, -0.05) is 0 Å². The fraction of sp³-hybridized carbons (Fsp3) is 0.417. The number of nitrogens with zero attached hydrogens (tertiary/aromatic N) is 2. The van der Waals surface area contributed by atoms with Gasteiger partial charge in [-0.2, -0.15) is 0 Å². The van der Waals surface area contributed by atoms with Gasteiger partial charge in [-0.15, -0.1) is 0 Å². The molecule has 1 aliphatic rings. The Hall–Kier alpha value is -3.10. The van der Waals surface area contributed by atoms with Gasteiger partial charge in [0.25, 0.3) is 0 Å². The molecule has 0 spiro atoms. The summed E-state index contributed by atoms with van der Waals surface area (Å²) in [5.41, 5.74) is 2.22. The summed E-state index contributed by atoms with van der Waals surface area (Å²) in [6.07, 6.45) is 0. The van der Waals surface area contributed by atoms with Crippen LogP contribution in [-0.2, 0) is 22.6 Å². The predicted octanol–water partition coefficient (Wildman–Crippen LogP) is 2.77. The van der Waals surface area contributed by atoms with Crippen molar-refractivity contribution >= 4 is 11.9 Å². The number of aromatic hydroxyl groups is 2. The normalized spacial score (nSPS) is 14.8. The second-order valence-corrected chi connectivity index (χ2v) is 7.68. The van der Waals surface area contributed by atoms with Crippen molar-refractivity contribution in [3.63, 3.8) is 0 Å². The first-order valence-corrected chi connectivity index (χ1v) is 10.8. The Labute approximate surface area is 188 Å². The van der Waals surface area contributed by atoms with Gasteiger partial charge >= 0.3 is 11.9 Å². The Balaban J connectivity index is 1.58. The van der Waals surface area contributed by atoms with E-state index in [9.17, 15) is 19.8 Å². The molecule has 1 saturated heterocycles. The summed E-state index contributed by atoms with van der Waals surface area (Å²) in [6, 6.07) is 9.53. The first-order valence-electron chi connectivity index (χ1n) is 10.8. The maximum atomic E-state index is 12.0. The second kappa shape index (κ2) is 11.0. The molecular formula is C24H30N2O6. The molecule has 8 heteroatoms. The standard InChI is InChI=1S/C24H30N2O6/c1-3-31-23(29)17-5-7-21(27)19(13-17)15-25-9-11-26(12-10-25)16-20-14-18(6-8-22(20)28)24(30)32-4-2/h5-8,13-14,27-28H,3-4,9-12,15-16H2,1-2H3. The molecule has 0 amide bonds. The van der Waals surface area contributed by atoms with Gasteiger partial charge in [0.05, 0.1) is 24.3 Å². The van der Waals surface area contributed by atoms with Gasteiger partial charge in [-0.25, -0.2) is 9.59 Å². The zero-order valence-corrected chi connectivity index (χ0v) is 18.5. The molecule has 8 nitrogen and oxygen atoms in total. The summed E-state index contributed by atoms with van der Waals surface area (Å²) in [5, 5.41) is 20.4. The van der Waals surface area contributed by atoms with Crippen LogP contribution in [0.1, 0.15) is 45.7 Å². The highest BCUT2D eigenvalue weighted by Gasteiger charge is 2.20. The van der Waals surface area contributed by atoms with Crippen molar-refractivity contribution in [1.29, 1.82) is 0 Å². The average molecular weight is 443 g/mol. The van der Waals surface area contributed by atoms with Gasteiger partial charge in [0.15, 0.2) is 0 Å². The first kappa shape index (κ1) is 23.6. The minimum absolute atomic E-state index is 0.154. The molecule has 0 unspecified atom stereocenters. The van der Waals surface area contributed by atoms with Crippen molar-refractivity contribution in [3.05, 3.63) is 58.7 Å². The van der Waals surface area contributed by atoms with Gasteiger partial charge in [-0.3, -0.25) is 9.80 Å². The van der Waals surface area contributed by atoms with Crippen LogP contribution in [0.3, 0.4) is 0 Å². The third-order valence-electron chi connectivity index (χ3n) is 5.43. The van der Waals surface area contributed by atoms with Crippen molar-refractivity contribution in [2.75, 3.05) is 39.4 Å². The number of hydrogen-bond donors (Lipinski definition) is 2. The number of rotatable bonds is 8. The van der Waals surface area contributed by atoms with Crippen LogP contribution < -0.4 is 0 Å². The summed E-state index contributed by atoms with van der Waals surface area (Å²) in [5.74, 6) is -0.491. The third-order valence-corrected chi connectivity index (χ3v) is 5.43. The first-order chi connectivity index (χ1) is 15.4. The molecule has 0 aromatic heterocycles. The van der Waals surface area contributed by atoms with E-state index in [2.05, 4.69) is 9.80 Å². The molecule has 32 heavy (non-hydrogen) atoms. The SMILES string of the molecule is CCOC(=O)c1ccc(O)c(CN2CCN(Cc3cc(C(=O)OCC)ccc3O)CC2)c1. The second-order valence-electron chi connectivity index (χ2n) is 7.68. The van der Waals surface area contributed by atoms with Crippen molar-refractivity contribution < 1.29 is 29.3 Å². The number of benzene rings is 2. The number of carbonyl (C=O) groups excluding carboxylic acids is 2. The van der Waals surface area contributed by atoms with Gasteiger partial charge < -0.3 is 19.7 Å². The minimum Gasteiger partial charge on any atom is -0.508 e. The van der Waals surface area contributed by atoms with Gasteiger partial charge in [0.1, 0.15) is 11.5 Å². The number of ether oxygens (including phenoxy) is 2. The number of phenols is 2. The lowest BCUT2D eigenvalue weighted by Gasteiger charge is -2.35. The van der Waals surface area contributed by atoms with E-state index in [1.54, 1.807) is 38.1 Å². The molecule has 0 radical (unpaired) electrons. The predicted molar refractivity (Wildman–Crippen MR) is 119 cm³/mol. The molecular weight excluding hydrogens is 412 g/mol. The fourth-order valence-electron chi connectivity index (χ4n) is 3.69. The van der Waals surface area contributed by atoms with E-state index in [4.69, 9.17) is 9.47 Å². The topological polar surface area (TPSA) is 99.5 Å². The summed E-state index contributed by atoms with van der Waals surface area (Å²) >= 11 is 0. The molecule has 1 fully saturated rings. The Kier molecular flexibility index (Phi) is 8.08. The van der Waals surface area contributed by atoms with Crippen LogP contribution in [0, 0.1) is 0 Å². The minimum atomic E-state index is -0.400. The van der Waals surface area contributed by atoms with Crippen LogP contribution in [0.2, 0.25) is 0 Å². The van der Waals surface area contributed by atoms with E-state index in [1.807, 2.05) is 0 Å². The maximum Gasteiger partial charge on any atom is 0.338 e. The Morgan fingerprint density at radius 2 is 1.12 bits per heavy atom. The smallest absolute Gasteiger partial charge is 0.338 e. The van der Waals surface area contributed by atoms with E-state index in [-0.39, 0.29) is 11.5 Å². The number of piperazine rings is 1. The van der Waals surface area contributed by atoms with E-state index in [1.165, 1.54) is 12.1 Å². The molecule has 2 aromatic rings. The highest BCUT2D eigenvalue weighted by molar-refractivity contribution is 5.90. The molecule has 1 aliphatic heterocycles. The van der Waals surface area contributed by atoms with Crippen molar-refractivity contribution in [2.24, 2.45) is 0 Å². The van der Waals surface area contributed by atoms with Gasteiger partial charge in [-0.05, 0) is 50.2 Å². The van der Waals surface area contributed by atoms with Crippen LogP contribution in [0.5, 0.6) is 11.5 Å². The van der Waals surface area contributed by atoms with E-state index < -0.39 is 11.9 Å². The van der Waals surface area contributed by atoms with Crippen LogP contribution in [0.25, 0.3) is 0 Å². The van der Waals surface area contributed by atoms with Crippen LogP contribution in [0.4, 0.5) is 0 Å². The summed E-state index contributed by atoms with van der Waals surface area (Å²) < 4.78 is 10.1. The molecule has 1 heterocycles. The lowest BCUT2D eigenvalue weighted by atomic mass is 10.1. The van der Waals surface area contributed by atoms with Crippen molar-refractivity contribution in [2.45, 2.75) is 26.9 Å². The Morgan fingerprint density at radius 3 is 1.47 bits per heavy atom. The third kappa shape index (κ3) is 5.99. The summed E-state index contributed by atoms with van der Waals surface area (Å²) in [4.78, 5) is 28.4. The van der Waals surface area contributed by atoms with Crippen LogP contribution >= 0.6 is 0 Å². The molecule has 0 atom stereocenters. The van der Waals surface area contributed by atoms with E-state index in [0.29, 0.717) is 48.6 Å². The monoisotopic (exact) mass is 442 g/mol. The highest BCUT2D eigenvalue weighted by atomic mass is 16.5. The van der Waals surface area contributed by atoms with Crippen molar-refractivity contribution in [3.8, 4) is 11.5 Å². The molecule has 2 aromatic carbocycles. The molecule has 0 bridgehead atoms. The van der Waals surface area contributed by atoms with Gasteiger partial charge in [0, 0.05) is 50.4 Å². The van der Waals surface area contributed by atoms with E-state index in [0.717, 1.165) is 26.2 Å². The van der Waals surface area contributed by atoms with Gasteiger partial charge in [0.2, 0.25) is 0 Å². The molecule has 0 aliphatic carbocycles. The number of carbonyl (C=O) groups is 2. The lowest BCUT2D eigenvalue weighted by molar-refractivity contribution is 0.0516. The largest absolute Gasteiger partial charge is 0.508 e. The zero-order chi connectivity index (χ0) is 23.1. The quantitative estimate of drug-likeness (QED) is 0.602. The number of phenolic OH excluding ortho intramolecular Hbond substituents is 2. The molecule has 3 rings (SSSR count). The molecule has 172 valence electrons. The molecule has 2 N–H and O–H groups in total. The van der Waals surface area contributed by atoms with Crippen LogP contribution in [-0.4, -0.2) is 71.3 Å². The highest BCUT2D eigenvalue weighted by Crippen LogP contribution is 2.24. The Bertz CT molecular complexity index is 876. The van der Waals surface area contributed by atoms with E-state index >= 15 is 0 Å². The lowest BCUT2D eigenvalue weighted by Crippen LogP contribution is -2.45. The summed E-state index contributed by atoms with van der Waals surface area (Å²) in [7, 11) is 0. The fourth-order valence-corrected chi connectivity index (χ4v) is 3.69. The average Bonchev–Trinajstić information content (AvgIpc) is 2.78. The zero-order valence-electron chi connectivity index (χ0n) is 18.5.